The second-order valence-electron chi connectivity index (χ2n) is 10.0. The fraction of sp³-hybridized carbons (Fsp3) is 0.680. The standard InChI is InChI=1S/C25H43NOSi/c1-8-9-10-11-12-15-19-25(23(2,3)4,27-28(6)7)24(5)20-18-21-16-13-14-17-22(21)26-24/h13-14,16-18,20,26,28H,8-12,15,19H2,1-7H3. The van der Waals surface area contributed by atoms with Crippen molar-refractivity contribution in [3.05, 3.63) is 35.9 Å². The van der Waals surface area contributed by atoms with Crippen molar-refractivity contribution >= 4 is 20.8 Å². The number of benzene rings is 1. The molecule has 2 unspecified atom stereocenters. The SMILES string of the molecule is CCCCCCCCC(O[SiH](C)C)(C(C)(C)C)C1(C)C=Cc2ccccc2N1. The van der Waals surface area contributed by atoms with Crippen LogP contribution < -0.4 is 5.32 Å². The summed E-state index contributed by atoms with van der Waals surface area (Å²) in [5, 5.41) is 3.90. The van der Waals surface area contributed by atoms with Gasteiger partial charge in [-0.1, -0.05) is 96.6 Å². The maximum atomic E-state index is 7.01. The predicted octanol–water partition coefficient (Wildman–Crippen LogP) is 7.42. The molecular formula is C25H43NOSi. The highest BCUT2D eigenvalue weighted by Crippen LogP contribution is 2.50. The highest BCUT2D eigenvalue weighted by atomic mass is 28.3. The van der Waals surface area contributed by atoms with Crippen molar-refractivity contribution in [2.24, 2.45) is 5.41 Å². The molecule has 1 aliphatic rings. The Morgan fingerprint density at radius 1 is 1.00 bits per heavy atom. The van der Waals surface area contributed by atoms with Gasteiger partial charge in [-0.15, -0.1) is 0 Å². The van der Waals surface area contributed by atoms with Crippen LogP contribution in [0, 0.1) is 5.41 Å². The monoisotopic (exact) mass is 401 g/mol. The Morgan fingerprint density at radius 3 is 2.29 bits per heavy atom. The van der Waals surface area contributed by atoms with Gasteiger partial charge in [-0.3, -0.25) is 0 Å². The molecule has 1 aliphatic heterocycles. The van der Waals surface area contributed by atoms with Crippen LogP contribution in [0.2, 0.25) is 13.1 Å². The number of para-hydroxylation sites is 1. The lowest BCUT2D eigenvalue weighted by atomic mass is 9.62. The summed E-state index contributed by atoms with van der Waals surface area (Å²) < 4.78 is 7.01. The Morgan fingerprint density at radius 2 is 1.64 bits per heavy atom. The van der Waals surface area contributed by atoms with E-state index in [1.165, 1.54) is 49.8 Å². The number of unbranched alkanes of at least 4 members (excludes halogenated alkanes) is 5. The van der Waals surface area contributed by atoms with Crippen molar-refractivity contribution in [3.63, 3.8) is 0 Å². The molecule has 1 aromatic rings. The van der Waals surface area contributed by atoms with E-state index in [0.29, 0.717) is 0 Å². The largest absolute Gasteiger partial charge is 0.412 e. The van der Waals surface area contributed by atoms with Crippen LogP contribution in [-0.4, -0.2) is 20.2 Å². The number of hydrogen-bond donors (Lipinski definition) is 1. The van der Waals surface area contributed by atoms with Gasteiger partial charge in [0.1, 0.15) is 0 Å². The summed E-state index contributed by atoms with van der Waals surface area (Å²) in [5.74, 6) is 0. The fourth-order valence-electron chi connectivity index (χ4n) is 4.90. The minimum Gasteiger partial charge on any atom is -0.412 e. The number of rotatable bonds is 10. The van der Waals surface area contributed by atoms with E-state index in [2.05, 4.69) is 89.4 Å². The van der Waals surface area contributed by atoms with Crippen LogP contribution >= 0.6 is 0 Å². The molecule has 1 N–H and O–H groups in total. The first-order valence-electron chi connectivity index (χ1n) is 11.4. The van der Waals surface area contributed by atoms with Crippen molar-refractivity contribution in [1.82, 2.24) is 0 Å². The summed E-state index contributed by atoms with van der Waals surface area (Å²) in [5.41, 5.74) is 2.07. The Kier molecular flexibility index (Phi) is 7.98. The van der Waals surface area contributed by atoms with E-state index in [4.69, 9.17) is 4.43 Å². The second-order valence-corrected chi connectivity index (χ2v) is 12.3. The van der Waals surface area contributed by atoms with Gasteiger partial charge in [0.05, 0.1) is 11.1 Å². The summed E-state index contributed by atoms with van der Waals surface area (Å²) in [6.07, 6.45) is 13.7. The summed E-state index contributed by atoms with van der Waals surface area (Å²) in [6.45, 7) is 16.3. The van der Waals surface area contributed by atoms with Crippen molar-refractivity contribution in [2.75, 3.05) is 5.32 Å². The van der Waals surface area contributed by atoms with Crippen LogP contribution in [0.15, 0.2) is 30.3 Å². The number of nitrogens with one attached hydrogen (secondary N) is 1. The quantitative estimate of drug-likeness (QED) is 0.325. The first kappa shape index (κ1) is 23.2. The van der Waals surface area contributed by atoms with E-state index in [-0.39, 0.29) is 16.6 Å². The molecule has 0 saturated carbocycles. The van der Waals surface area contributed by atoms with Gasteiger partial charge in [0.25, 0.3) is 0 Å². The smallest absolute Gasteiger partial charge is 0.171 e. The van der Waals surface area contributed by atoms with Gasteiger partial charge in [0.15, 0.2) is 9.04 Å². The third-order valence-electron chi connectivity index (χ3n) is 6.32. The Bertz CT molecular complexity index is 648. The number of fused-ring (bicyclic) bond motifs is 1. The molecule has 1 heterocycles. The van der Waals surface area contributed by atoms with Crippen LogP contribution in [-0.2, 0) is 4.43 Å². The first-order valence-corrected chi connectivity index (χ1v) is 14.2. The number of anilines is 1. The van der Waals surface area contributed by atoms with Crippen LogP contribution in [0.5, 0.6) is 0 Å². The van der Waals surface area contributed by atoms with Gasteiger partial charge in [-0.25, -0.2) is 0 Å². The zero-order valence-corrected chi connectivity index (χ0v) is 20.6. The molecule has 0 amide bonds. The molecule has 0 saturated heterocycles. The molecular weight excluding hydrogens is 358 g/mol. The van der Waals surface area contributed by atoms with Gasteiger partial charge in [0, 0.05) is 5.69 Å². The van der Waals surface area contributed by atoms with E-state index < -0.39 is 9.04 Å². The third kappa shape index (κ3) is 5.10. The van der Waals surface area contributed by atoms with Crippen molar-refractivity contribution in [1.29, 1.82) is 0 Å². The molecule has 0 radical (unpaired) electrons. The summed E-state index contributed by atoms with van der Waals surface area (Å²) in [7, 11) is -1.24. The minimum atomic E-state index is -1.24. The average molecular weight is 402 g/mol. The molecule has 3 heteroatoms. The van der Waals surface area contributed by atoms with E-state index in [1.54, 1.807) is 0 Å². The first-order chi connectivity index (χ1) is 13.2. The molecule has 0 aliphatic carbocycles. The maximum absolute atomic E-state index is 7.01. The van der Waals surface area contributed by atoms with Crippen LogP contribution in [0.1, 0.15) is 85.1 Å². The molecule has 2 nitrogen and oxygen atoms in total. The highest BCUT2D eigenvalue weighted by molar-refractivity contribution is 6.48. The van der Waals surface area contributed by atoms with Gasteiger partial charge in [-0.05, 0) is 43.5 Å². The van der Waals surface area contributed by atoms with Crippen molar-refractivity contribution < 1.29 is 4.43 Å². The topological polar surface area (TPSA) is 21.3 Å². The Hall–Kier alpha value is -1.06. The molecule has 0 bridgehead atoms. The van der Waals surface area contributed by atoms with Gasteiger partial charge < -0.3 is 9.74 Å². The predicted molar refractivity (Wildman–Crippen MR) is 128 cm³/mol. The number of hydrogen-bond acceptors (Lipinski definition) is 2. The van der Waals surface area contributed by atoms with Crippen molar-refractivity contribution in [3.8, 4) is 0 Å². The fourth-order valence-corrected chi connectivity index (χ4v) is 6.42. The maximum Gasteiger partial charge on any atom is 0.171 e. The van der Waals surface area contributed by atoms with E-state index >= 15 is 0 Å². The molecule has 0 aromatic heterocycles. The lowest BCUT2D eigenvalue weighted by Crippen LogP contribution is -2.66. The molecule has 2 atom stereocenters. The third-order valence-corrected chi connectivity index (χ3v) is 7.19. The summed E-state index contributed by atoms with van der Waals surface area (Å²) in [4.78, 5) is 0. The summed E-state index contributed by atoms with van der Waals surface area (Å²) >= 11 is 0. The van der Waals surface area contributed by atoms with E-state index in [1.807, 2.05) is 0 Å². The molecule has 0 fully saturated rings. The highest BCUT2D eigenvalue weighted by Gasteiger charge is 2.55. The summed E-state index contributed by atoms with van der Waals surface area (Å²) in [6, 6.07) is 8.61. The molecule has 2 rings (SSSR count). The average Bonchev–Trinajstić information content (AvgIpc) is 2.62. The zero-order chi connectivity index (χ0) is 20.8. The lowest BCUT2D eigenvalue weighted by molar-refractivity contribution is -0.0779. The lowest BCUT2D eigenvalue weighted by Gasteiger charge is -2.57. The normalized spacial score (nSPS) is 21.3. The minimum absolute atomic E-state index is 0.0338. The molecule has 1 aromatic carbocycles. The van der Waals surface area contributed by atoms with Crippen LogP contribution in [0.3, 0.4) is 0 Å². The van der Waals surface area contributed by atoms with E-state index in [0.717, 1.165) is 6.42 Å². The molecule has 158 valence electrons. The van der Waals surface area contributed by atoms with Crippen molar-refractivity contribution in [2.45, 2.75) is 104 Å². The zero-order valence-electron chi connectivity index (χ0n) is 19.4. The van der Waals surface area contributed by atoms with Gasteiger partial charge >= 0.3 is 0 Å². The van der Waals surface area contributed by atoms with E-state index in [9.17, 15) is 0 Å². The Balaban J connectivity index is 2.31. The molecule has 28 heavy (non-hydrogen) atoms. The molecule has 0 spiro atoms. The van der Waals surface area contributed by atoms with Crippen LogP contribution in [0.25, 0.3) is 6.08 Å². The second kappa shape index (κ2) is 9.62. The van der Waals surface area contributed by atoms with Gasteiger partial charge in [-0.2, -0.15) is 0 Å². The Labute approximate surface area is 175 Å². The van der Waals surface area contributed by atoms with Gasteiger partial charge in [0.2, 0.25) is 0 Å². The van der Waals surface area contributed by atoms with Crippen LogP contribution in [0.4, 0.5) is 5.69 Å².